The number of aliphatic carboxylic acids is 1. The van der Waals surface area contributed by atoms with E-state index in [1.165, 1.54) is 0 Å². The van der Waals surface area contributed by atoms with Crippen LogP contribution < -0.4 is 0 Å². The molecule has 1 unspecified atom stereocenters. The molecule has 0 saturated carbocycles. The SMILES string of the molecule is Cn1ccnc1C(C(=O)O)c1ccccc1. The van der Waals surface area contributed by atoms with Gasteiger partial charge >= 0.3 is 5.97 Å². The Balaban J connectivity index is 2.48. The van der Waals surface area contributed by atoms with Crippen LogP contribution in [0.2, 0.25) is 0 Å². The first-order chi connectivity index (χ1) is 7.70. The van der Waals surface area contributed by atoms with Crippen molar-refractivity contribution in [2.24, 2.45) is 7.05 Å². The van der Waals surface area contributed by atoms with Crippen molar-refractivity contribution in [2.45, 2.75) is 5.92 Å². The van der Waals surface area contributed by atoms with E-state index >= 15 is 0 Å². The highest BCUT2D eigenvalue weighted by Gasteiger charge is 2.25. The van der Waals surface area contributed by atoms with Gasteiger partial charge in [-0.3, -0.25) is 4.79 Å². The zero-order valence-electron chi connectivity index (χ0n) is 8.87. The van der Waals surface area contributed by atoms with Gasteiger partial charge in [-0.2, -0.15) is 0 Å². The van der Waals surface area contributed by atoms with Crippen LogP contribution in [-0.2, 0) is 11.8 Å². The Morgan fingerprint density at radius 2 is 2.06 bits per heavy atom. The van der Waals surface area contributed by atoms with Gasteiger partial charge < -0.3 is 9.67 Å². The second kappa shape index (κ2) is 4.18. The summed E-state index contributed by atoms with van der Waals surface area (Å²) >= 11 is 0. The molecule has 0 aliphatic heterocycles. The van der Waals surface area contributed by atoms with Crippen molar-refractivity contribution in [1.82, 2.24) is 9.55 Å². The fourth-order valence-corrected chi connectivity index (χ4v) is 1.70. The van der Waals surface area contributed by atoms with Crippen molar-refractivity contribution in [1.29, 1.82) is 0 Å². The summed E-state index contributed by atoms with van der Waals surface area (Å²) in [5, 5.41) is 9.27. The van der Waals surface area contributed by atoms with Crippen molar-refractivity contribution >= 4 is 5.97 Å². The number of imidazole rings is 1. The summed E-state index contributed by atoms with van der Waals surface area (Å²) in [4.78, 5) is 15.4. The lowest BCUT2D eigenvalue weighted by atomic mass is 9.98. The molecule has 16 heavy (non-hydrogen) atoms. The minimum absolute atomic E-state index is 0.540. The molecule has 1 aromatic carbocycles. The molecule has 1 atom stereocenters. The number of carboxylic acid groups (broad SMARTS) is 1. The predicted octanol–water partition coefficient (Wildman–Crippen LogP) is 1.64. The van der Waals surface area contributed by atoms with Gasteiger partial charge in [-0.25, -0.2) is 4.98 Å². The zero-order valence-corrected chi connectivity index (χ0v) is 8.87. The van der Waals surface area contributed by atoms with Crippen LogP contribution in [0, 0.1) is 0 Å². The van der Waals surface area contributed by atoms with E-state index in [2.05, 4.69) is 4.98 Å². The Bertz CT molecular complexity index is 491. The van der Waals surface area contributed by atoms with Gasteiger partial charge in [0.15, 0.2) is 0 Å². The average Bonchev–Trinajstić information content (AvgIpc) is 2.66. The molecule has 82 valence electrons. The van der Waals surface area contributed by atoms with Crippen LogP contribution in [-0.4, -0.2) is 20.6 Å². The fraction of sp³-hybridized carbons (Fsp3) is 0.167. The topological polar surface area (TPSA) is 55.1 Å². The van der Waals surface area contributed by atoms with E-state index in [-0.39, 0.29) is 0 Å². The van der Waals surface area contributed by atoms with Crippen molar-refractivity contribution in [2.75, 3.05) is 0 Å². The monoisotopic (exact) mass is 216 g/mol. The number of carboxylic acids is 1. The summed E-state index contributed by atoms with van der Waals surface area (Å²) < 4.78 is 1.73. The maximum atomic E-state index is 11.3. The van der Waals surface area contributed by atoms with Crippen LogP contribution >= 0.6 is 0 Å². The molecule has 0 amide bonds. The molecule has 1 N–H and O–H groups in total. The highest BCUT2D eigenvalue weighted by molar-refractivity contribution is 5.79. The summed E-state index contributed by atoms with van der Waals surface area (Å²) in [5.74, 6) is -1.06. The highest BCUT2D eigenvalue weighted by Crippen LogP contribution is 2.22. The Morgan fingerprint density at radius 1 is 1.38 bits per heavy atom. The van der Waals surface area contributed by atoms with Gasteiger partial charge in [0.25, 0.3) is 0 Å². The van der Waals surface area contributed by atoms with E-state index in [0.29, 0.717) is 5.82 Å². The van der Waals surface area contributed by atoms with Crippen LogP contribution in [0.5, 0.6) is 0 Å². The summed E-state index contributed by atoms with van der Waals surface area (Å²) in [6, 6.07) is 9.12. The van der Waals surface area contributed by atoms with Gasteiger partial charge in [-0.15, -0.1) is 0 Å². The molecule has 4 heteroatoms. The molecule has 2 aromatic rings. The maximum Gasteiger partial charge on any atom is 0.318 e. The van der Waals surface area contributed by atoms with E-state index in [4.69, 9.17) is 0 Å². The molecule has 0 spiro atoms. The van der Waals surface area contributed by atoms with Gasteiger partial charge in [0, 0.05) is 19.4 Å². The third-order valence-electron chi connectivity index (χ3n) is 2.50. The Kier molecular flexibility index (Phi) is 2.72. The number of aromatic nitrogens is 2. The number of hydrogen-bond acceptors (Lipinski definition) is 2. The molecule has 0 saturated heterocycles. The lowest BCUT2D eigenvalue weighted by molar-refractivity contribution is -0.137. The molecule has 0 aliphatic carbocycles. The first-order valence-electron chi connectivity index (χ1n) is 4.95. The molecule has 4 nitrogen and oxygen atoms in total. The summed E-state index contributed by atoms with van der Waals surface area (Å²) in [6.07, 6.45) is 3.35. The number of rotatable bonds is 3. The predicted molar refractivity (Wildman–Crippen MR) is 59.1 cm³/mol. The molecule has 2 rings (SSSR count). The largest absolute Gasteiger partial charge is 0.480 e. The van der Waals surface area contributed by atoms with E-state index < -0.39 is 11.9 Å². The van der Waals surface area contributed by atoms with Crippen LogP contribution in [0.4, 0.5) is 0 Å². The molecular formula is C12H12N2O2. The van der Waals surface area contributed by atoms with Gasteiger partial charge in [-0.1, -0.05) is 30.3 Å². The van der Waals surface area contributed by atoms with Crippen molar-refractivity contribution in [3.63, 3.8) is 0 Å². The minimum Gasteiger partial charge on any atom is -0.480 e. The Hall–Kier alpha value is -2.10. The maximum absolute atomic E-state index is 11.3. The normalized spacial score (nSPS) is 12.3. The number of carbonyl (C=O) groups is 1. The van der Waals surface area contributed by atoms with Gasteiger partial charge in [-0.05, 0) is 5.56 Å². The zero-order chi connectivity index (χ0) is 11.5. The second-order valence-corrected chi connectivity index (χ2v) is 3.58. The van der Waals surface area contributed by atoms with Gasteiger partial charge in [0.2, 0.25) is 0 Å². The van der Waals surface area contributed by atoms with E-state index in [1.54, 1.807) is 36.1 Å². The molecule has 1 heterocycles. The molecule has 0 bridgehead atoms. The molecule has 0 radical (unpaired) electrons. The molecule has 0 fully saturated rings. The summed E-state index contributed by atoms with van der Waals surface area (Å²) in [6.45, 7) is 0. The molecule has 0 aliphatic rings. The lowest BCUT2D eigenvalue weighted by Gasteiger charge is -2.12. The number of hydrogen-bond donors (Lipinski definition) is 1. The average molecular weight is 216 g/mol. The summed E-state index contributed by atoms with van der Waals surface area (Å²) in [5.41, 5.74) is 0.740. The van der Waals surface area contributed by atoms with Crippen LogP contribution in [0.1, 0.15) is 17.3 Å². The van der Waals surface area contributed by atoms with E-state index in [0.717, 1.165) is 5.56 Å². The van der Waals surface area contributed by atoms with Crippen molar-refractivity contribution < 1.29 is 9.90 Å². The van der Waals surface area contributed by atoms with Gasteiger partial charge in [0.05, 0.1) is 0 Å². The van der Waals surface area contributed by atoms with Crippen LogP contribution in [0.3, 0.4) is 0 Å². The Morgan fingerprint density at radius 3 is 2.56 bits per heavy atom. The third-order valence-corrected chi connectivity index (χ3v) is 2.50. The number of nitrogens with zero attached hydrogens (tertiary/aromatic N) is 2. The Labute approximate surface area is 93.2 Å². The van der Waals surface area contributed by atoms with E-state index in [1.807, 2.05) is 18.2 Å². The smallest absolute Gasteiger partial charge is 0.318 e. The fourth-order valence-electron chi connectivity index (χ4n) is 1.70. The molecule has 1 aromatic heterocycles. The van der Waals surface area contributed by atoms with Crippen molar-refractivity contribution in [3.05, 3.63) is 54.1 Å². The van der Waals surface area contributed by atoms with Crippen molar-refractivity contribution in [3.8, 4) is 0 Å². The van der Waals surface area contributed by atoms with Gasteiger partial charge in [0.1, 0.15) is 11.7 Å². The first kappa shape index (κ1) is 10.4. The third kappa shape index (κ3) is 1.82. The highest BCUT2D eigenvalue weighted by atomic mass is 16.4. The van der Waals surface area contributed by atoms with Crippen LogP contribution in [0.25, 0.3) is 0 Å². The second-order valence-electron chi connectivity index (χ2n) is 3.58. The minimum atomic E-state index is -0.888. The number of aryl methyl sites for hydroxylation is 1. The standard InChI is InChI=1S/C12H12N2O2/c1-14-8-7-13-11(14)10(12(15)16)9-5-3-2-4-6-9/h2-8,10H,1H3,(H,15,16). The van der Waals surface area contributed by atoms with Crippen LogP contribution in [0.15, 0.2) is 42.7 Å². The number of benzene rings is 1. The van der Waals surface area contributed by atoms with E-state index in [9.17, 15) is 9.90 Å². The first-order valence-corrected chi connectivity index (χ1v) is 4.95. The summed E-state index contributed by atoms with van der Waals surface area (Å²) in [7, 11) is 1.79. The lowest BCUT2D eigenvalue weighted by Crippen LogP contribution is -2.17. The quantitative estimate of drug-likeness (QED) is 0.848. The molecular weight excluding hydrogens is 204 g/mol.